The van der Waals surface area contributed by atoms with Gasteiger partial charge in [-0.1, -0.05) is 18.7 Å². The highest BCUT2D eigenvalue weighted by molar-refractivity contribution is 8.00. The van der Waals surface area contributed by atoms with E-state index in [9.17, 15) is 9.18 Å². The number of carbonyl (C=O) groups excluding carboxylic acids is 1. The molecule has 0 saturated carbocycles. The number of nitrogens with zero attached hydrogens (tertiary/aromatic N) is 4. The van der Waals surface area contributed by atoms with E-state index in [-0.39, 0.29) is 17.0 Å². The molecule has 5 nitrogen and oxygen atoms in total. The number of aromatic nitrogens is 2. The summed E-state index contributed by atoms with van der Waals surface area (Å²) in [6, 6.07) is 8.67. The first-order valence-corrected chi connectivity index (χ1v) is 11.4. The van der Waals surface area contributed by atoms with Crippen LogP contribution in [0, 0.1) is 5.82 Å². The number of halogens is 1. The van der Waals surface area contributed by atoms with Crippen molar-refractivity contribution in [2.75, 3.05) is 31.1 Å². The third kappa shape index (κ3) is 4.38. The third-order valence-corrected chi connectivity index (χ3v) is 7.40. The molecule has 3 heterocycles. The molecular formula is C21H23FN4OS2. The largest absolute Gasteiger partial charge is 0.368 e. The van der Waals surface area contributed by atoms with Crippen LogP contribution in [0.25, 0.3) is 10.2 Å². The van der Waals surface area contributed by atoms with Crippen molar-refractivity contribution in [1.29, 1.82) is 0 Å². The Hall–Kier alpha value is -2.19. The first kappa shape index (κ1) is 20.1. The zero-order valence-electron chi connectivity index (χ0n) is 16.5. The highest BCUT2D eigenvalue weighted by atomic mass is 32.2. The summed E-state index contributed by atoms with van der Waals surface area (Å²) < 4.78 is 13.1. The fraction of sp³-hybridized carbons (Fsp3) is 0.381. The summed E-state index contributed by atoms with van der Waals surface area (Å²) >= 11 is 3.19. The number of hydrogen-bond acceptors (Lipinski definition) is 6. The number of anilines is 1. The van der Waals surface area contributed by atoms with Gasteiger partial charge in [-0.3, -0.25) is 4.79 Å². The molecule has 0 N–H and O–H groups in total. The lowest BCUT2D eigenvalue weighted by Crippen LogP contribution is -2.50. The van der Waals surface area contributed by atoms with Crippen LogP contribution in [0.15, 0.2) is 41.7 Å². The Kier molecular flexibility index (Phi) is 6.01. The van der Waals surface area contributed by atoms with E-state index in [0.29, 0.717) is 13.1 Å². The van der Waals surface area contributed by atoms with Gasteiger partial charge in [-0.2, -0.15) is 0 Å². The minimum atomic E-state index is -0.232. The van der Waals surface area contributed by atoms with Gasteiger partial charge in [0.15, 0.2) is 0 Å². The fourth-order valence-corrected chi connectivity index (χ4v) is 5.44. The van der Waals surface area contributed by atoms with Gasteiger partial charge in [0, 0.05) is 42.1 Å². The van der Waals surface area contributed by atoms with Crippen molar-refractivity contribution in [1.82, 2.24) is 14.9 Å². The van der Waals surface area contributed by atoms with Crippen LogP contribution in [0.4, 0.5) is 10.1 Å². The quantitative estimate of drug-likeness (QED) is 0.448. The Labute approximate surface area is 177 Å². The lowest BCUT2D eigenvalue weighted by molar-refractivity contribution is -0.130. The van der Waals surface area contributed by atoms with E-state index in [1.807, 2.05) is 11.8 Å². The van der Waals surface area contributed by atoms with E-state index >= 15 is 0 Å². The second-order valence-electron chi connectivity index (χ2n) is 7.01. The molecule has 1 aromatic carbocycles. The van der Waals surface area contributed by atoms with Gasteiger partial charge in [0.05, 0.1) is 5.25 Å². The van der Waals surface area contributed by atoms with Crippen LogP contribution < -0.4 is 4.90 Å². The Morgan fingerprint density at radius 2 is 1.93 bits per heavy atom. The Balaban J connectivity index is 1.39. The van der Waals surface area contributed by atoms with Gasteiger partial charge in [0.1, 0.15) is 22.0 Å². The summed E-state index contributed by atoms with van der Waals surface area (Å²) in [6.07, 6.45) is 2.55. The van der Waals surface area contributed by atoms with E-state index in [0.717, 1.165) is 40.4 Å². The average Bonchev–Trinajstić information content (AvgIpc) is 3.18. The van der Waals surface area contributed by atoms with E-state index in [2.05, 4.69) is 27.9 Å². The highest BCUT2D eigenvalue weighted by Gasteiger charge is 2.26. The number of benzene rings is 1. The second kappa shape index (κ2) is 8.67. The molecule has 0 aliphatic carbocycles. The molecular weight excluding hydrogens is 407 g/mol. The molecule has 1 amide bonds. The van der Waals surface area contributed by atoms with Crippen molar-refractivity contribution in [3.8, 4) is 0 Å². The predicted molar refractivity (Wildman–Crippen MR) is 117 cm³/mol. The fourth-order valence-electron chi connectivity index (χ4n) is 3.46. The number of thiophene rings is 1. The maximum atomic E-state index is 13.1. The number of hydrogen-bond donors (Lipinski definition) is 0. The van der Waals surface area contributed by atoms with Crippen LogP contribution in [-0.4, -0.2) is 52.2 Å². The molecule has 1 saturated heterocycles. The molecule has 2 aromatic heterocycles. The van der Waals surface area contributed by atoms with Crippen LogP contribution in [0.1, 0.15) is 18.7 Å². The van der Waals surface area contributed by atoms with Crippen molar-refractivity contribution in [2.24, 2.45) is 0 Å². The number of fused-ring (bicyclic) bond motifs is 1. The van der Waals surface area contributed by atoms with Crippen molar-refractivity contribution >= 4 is 44.9 Å². The molecule has 1 atom stereocenters. The van der Waals surface area contributed by atoms with Crippen molar-refractivity contribution in [2.45, 2.75) is 30.5 Å². The summed E-state index contributed by atoms with van der Waals surface area (Å²) in [6.45, 7) is 6.90. The molecule has 152 valence electrons. The minimum Gasteiger partial charge on any atom is -0.368 e. The van der Waals surface area contributed by atoms with Gasteiger partial charge >= 0.3 is 0 Å². The smallest absolute Gasteiger partial charge is 0.235 e. The molecule has 0 bridgehead atoms. The Bertz CT molecular complexity index is 1000. The molecule has 1 aliphatic rings. The van der Waals surface area contributed by atoms with Crippen LogP contribution in [0.2, 0.25) is 0 Å². The zero-order valence-corrected chi connectivity index (χ0v) is 18.1. The lowest BCUT2D eigenvalue weighted by atomic mass is 10.2. The number of aryl methyl sites for hydroxylation is 1. The molecule has 0 radical (unpaired) electrons. The predicted octanol–water partition coefficient (Wildman–Crippen LogP) is 4.22. The van der Waals surface area contributed by atoms with Gasteiger partial charge in [-0.15, -0.1) is 11.3 Å². The summed E-state index contributed by atoms with van der Waals surface area (Å²) in [5.41, 5.74) is 0.994. The topological polar surface area (TPSA) is 49.3 Å². The maximum absolute atomic E-state index is 13.1. The SMILES string of the molecule is CCc1cc2c(SC(C)C(=O)N3CCN(c4ccc(F)cc4)CC3)ncnc2s1. The van der Waals surface area contributed by atoms with Crippen LogP contribution in [0.3, 0.4) is 0 Å². The van der Waals surface area contributed by atoms with Crippen molar-refractivity contribution in [3.63, 3.8) is 0 Å². The van der Waals surface area contributed by atoms with Crippen molar-refractivity contribution in [3.05, 3.63) is 47.4 Å². The summed E-state index contributed by atoms with van der Waals surface area (Å²) in [4.78, 5) is 28.1. The standard InChI is InChI=1S/C21H23FN4OS2/c1-3-17-12-18-19(23-13-24-20(18)29-17)28-14(2)21(27)26-10-8-25(9-11-26)16-6-4-15(22)5-7-16/h4-7,12-14H,3,8-11H2,1-2H3. The van der Waals surface area contributed by atoms with E-state index < -0.39 is 0 Å². The molecule has 4 rings (SSSR count). The van der Waals surface area contributed by atoms with Crippen LogP contribution in [-0.2, 0) is 11.2 Å². The molecule has 0 spiro atoms. The summed E-state index contributed by atoms with van der Waals surface area (Å²) in [5, 5.41) is 1.70. The van der Waals surface area contributed by atoms with E-state index in [1.54, 1.807) is 29.8 Å². The molecule has 29 heavy (non-hydrogen) atoms. The monoisotopic (exact) mass is 430 g/mol. The number of piperazine rings is 1. The third-order valence-electron chi connectivity index (χ3n) is 5.11. The molecule has 3 aromatic rings. The first-order valence-electron chi connectivity index (χ1n) is 9.74. The molecule has 8 heteroatoms. The Morgan fingerprint density at radius 1 is 1.21 bits per heavy atom. The van der Waals surface area contributed by atoms with Gasteiger partial charge in [0.2, 0.25) is 5.91 Å². The van der Waals surface area contributed by atoms with Gasteiger partial charge in [-0.25, -0.2) is 14.4 Å². The number of rotatable bonds is 5. The number of carbonyl (C=O) groups is 1. The van der Waals surface area contributed by atoms with E-state index in [4.69, 9.17) is 0 Å². The average molecular weight is 431 g/mol. The maximum Gasteiger partial charge on any atom is 0.235 e. The second-order valence-corrected chi connectivity index (χ2v) is 9.46. The van der Waals surface area contributed by atoms with Crippen molar-refractivity contribution < 1.29 is 9.18 Å². The van der Waals surface area contributed by atoms with Crippen LogP contribution >= 0.6 is 23.1 Å². The minimum absolute atomic E-state index is 0.131. The normalized spacial score (nSPS) is 15.7. The van der Waals surface area contributed by atoms with Crippen LogP contribution in [0.5, 0.6) is 0 Å². The molecule has 1 unspecified atom stereocenters. The summed E-state index contributed by atoms with van der Waals surface area (Å²) in [5.74, 6) is -0.101. The van der Waals surface area contributed by atoms with Gasteiger partial charge < -0.3 is 9.80 Å². The van der Waals surface area contributed by atoms with Gasteiger partial charge in [-0.05, 0) is 43.7 Å². The number of thioether (sulfide) groups is 1. The van der Waals surface area contributed by atoms with Gasteiger partial charge in [0.25, 0.3) is 0 Å². The van der Waals surface area contributed by atoms with E-state index in [1.165, 1.54) is 28.8 Å². The number of amides is 1. The Morgan fingerprint density at radius 3 is 2.62 bits per heavy atom. The highest BCUT2D eigenvalue weighted by Crippen LogP contribution is 2.33. The summed E-state index contributed by atoms with van der Waals surface area (Å²) in [7, 11) is 0. The molecule has 1 aliphatic heterocycles. The lowest BCUT2D eigenvalue weighted by Gasteiger charge is -2.37. The first-order chi connectivity index (χ1) is 14.0. The molecule has 1 fully saturated rings. The zero-order chi connectivity index (χ0) is 20.4.